The Bertz CT molecular complexity index is 1260. The maximum atomic E-state index is 13.1. The van der Waals surface area contributed by atoms with Crippen LogP contribution in [0.2, 0.25) is 0 Å². The van der Waals surface area contributed by atoms with Gasteiger partial charge < -0.3 is 5.32 Å². The highest BCUT2D eigenvalue weighted by Crippen LogP contribution is 2.23. The molecule has 0 radical (unpaired) electrons. The molecule has 0 aromatic heterocycles. The fraction of sp³-hybridized carbons (Fsp3) is 0.250. The first-order valence-corrected chi connectivity index (χ1v) is 11.9. The molecular formula is C24H25N3O4S. The Hall–Kier alpha value is -3.07. The van der Waals surface area contributed by atoms with Gasteiger partial charge in [0.05, 0.1) is 17.1 Å². The van der Waals surface area contributed by atoms with Gasteiger partial charge in [0.1, 0.15) is 0 Å². The molecule has 166 valence electrons. The molecule has 3 aromatic rings. The number of piperazine rings is 1. The van der Waals surface area contributed by atoms with Gasteiger partial charge in [0.2, 0.25) is 15.9 Å². The van der Waals surface area contributed by atoms with E-state index >= 15 is 0 Å². The predicted molar refractivity (Wildman–Crippen MR) is 124 cm³/mol. The van der Waals surface area contributed by atoms with Gasteiger partial charge in [-0.05, 0) is 42.0 Å². The quantitative estimate of drug-likeness (QED) is 0.583. The molecule has 0 atom stereocenters. The Balaban J connectivity index is 1.37. The van der Waals surface area contributed by atoms with Crippen molar-refractivity contribution >= 4 is 38.2 Å². The van der Waals surface area contributed by atoms with Crippen LogP contribution in [0.4, 0.5) is 5.69 Å². The number of ketones is 1. The van der Waals surface area contributed by atoms with E-state index in [1.165, 1.54) is 11.2 Å². The third-order valence-corrected chi connectivity index (χ3v) is 7.53. The number of fused-ring (bicyclic) bond motifs is 1. The lowest BCUT2D eigenvalue weighted by atomic mass is 10.1. The van der Waals surface area contributed by atoms with E-state index < -0.39 is 10.0 Å². The zero-order valence-corrected chi connectivity index (χ0v) is 18.6. The molecule has 1 N–H and O–H groups in total. The van der Waals surface area contributed by atoms with Crippen LogP contribution in [0.3, 0.4) is 0 Å². The van der Waals surface area contributed by atoms with E-state index in [1.807, 2.05) is 35.2 Å². The highest BCUT2D eigenvalue weighted by molar-refractivity contribution is 7.89. The normalized spacial score (nSPS) is 15.5. The van der Waals surface area contributed by atoms with Crippen LogP contribution in [-0.4, -0.2) is 62.0 Å². The maximum absolute atomic E-state index is 13.1. The van der Waals surface area contributed by atoms with Crippen molar-refractivity contribution in [3.63, 3.8) is 0 Å². The maximum Gasteiger partial charge on any atom is 0.243 e. The molecule has 1 aliphatic heterocycles. The second kappa shape index (κ2) is 9.20. The Kier molecular flexibility index (Phi) is 6.36. The van der Waals surface area contributed by atoms with Gasteiger partial charge >= 0.3 is 0 Å². The van der Waals surface area contributed by atoms with Crippen LogP contribution in [0.5, 0.6) is 0 Å². The minimum absolute atomic E-state index is 0.117. The molecule has 1 heterocycles. The van der Waals surface area contributed by atoms with Gasteiger partial charge in [0.15, 0.2) is 5.78 Å². The molecule has 7 nitrogen and oxygen atoms in total. The number of Topliss-reactive ketones (excluding diaryl/α,β-unsaturated/α-hetero) is 1. The minimum Gasteiger partial charge on any atom is -0.324 e. The van der Waals surface area contributed by atoms with Crippen molar-refractivity contribution in [2.45, 2.75) is 11.8 Å². The Labute approximate surface area is 187 Å². The molecule has 1 amide bonds. The lowest BCUT2D eigenvalue weighted by molar-refractivity contribution is -0.117. The fourth-order valence-electron chi connectivity index (χ4n) is 3.90. The molecule has 1 aliphatic rings. The Morgan fingerprint density at radius 1 is 0.875 bits per heavy atom. The predicted octanol–water partition coefficient (Wildman–Crippen LogP) is 2.99. The van der Waals surface area contributed by atoms with Crippen molar-refractivity contribution in [3.05, 3.63) is 72.3 Å². The van der Waals surface area contributed by atoms with Crippen molar-refractivity contribution in [3.8, 4) is 0 Å². The summed E-state index contributed by atoms with van der Waals surface area (Å²) in [4.78, 5) is 26.4. The number of hydrogen-bond acceptors (Lipinski definition) is 5. The summed E-state index contributed by atoms with van der Waals surface area (Å²) in [6, 6.07) is 19.7. The van der Waals surface area contributed by atoms with Gasteiger partial charge in [-0.1, -0.05) is 42.5 Å². The molecule has 3 aromatic carbocycles. The molecule has 0 aliphatic carbocycles. The van der Waals surface area contributed by atoms with Crippen LogP contribution in [0, 0.1) is 0 Å². The van der Waals surface area contributed by atoms with Gasteiger partial charge in [-0.15, -0.1) is 0 Å². The number of rotatable bonds is 6. The highest BCUT2D eigenvalue weighted by atomic mass is 32.2. The van der Waals surface area contributed by atoms with Crippen LogP contribution >= 0.6 is 0 Å². The van der Waals surface area contributed by atoms with Crippen molar-refractivity contribution in [1.29, 1.82) is 0 Å². The molecule has 0 spiro atoms. The van der Waals surface area contributed by atoms with E-state index in [0.29, 0.717) is 37.4 Å². The summed E-state index contributed by atoms with van der Waals surface area (Å²) in [5.74, 6) is -0.349. The van der Waals surface area contributed by atoms with Crippen LogP contribution < -0.4 is 5.32 Å². The first-order chi connectivity index (χ1) is 15.3. The van der Waals surface area contributed by atoms with Crippen LogP contribution in [0.15, 0.2) is 71.6 Å². The first kappa shape index (κ1) is 22.1. The van der Waals surface area contributed by atoms with E-state index in [0.717, 1.165) is 10.8 Å². The zero-order valence-electron chi connectivity index (χ0n) is 17.8. The summed E-state index contributed by atoms with van der Waals surface area (Å²) >= 11 is 0. The zero-order chi connectivity index (χ0) is 22.7. The number of nitrogens with zero attached hydrogens (tertiary/aromatic N) is 2. The Morgan fingerprint density at radius 3 is 2.25 bits per heavy atom. The van der Waals surface area contributed by atoms with Crippen molar-refractivity contribution in [1.82, 2.24) is 9.21 Å². The fourth-order valence-corrected chi connectivity index (χ4v) is 5.35. The molecule has 0 bridgehead atoms. The summed E-state index contributed by atoms with van der Waals surface area (Å²) < 4.78 is 27.7. The summed E-state index contributed by atoms with van der Waals surface area (Å²) in [7, 11) is -3.60. The van der Waals surface area contributed by atoms with Crippen LogP contribution in [0.25, 0.3) is 10.8 Å². The average molecular weight is 452 g/mol. The van der Waals surface area contributed by atoms with E-state index in [-0.39, 0.29) is 23.1 Å². The molecule has 32 heavy (non-hydrogen) atoms. The number of nitrogens with one attached hydrogen (secondary N) is 1. The van der Waals surface area contributed by atoms with Crippen molar-refractivity contribution in [2.24, 2.45) is 0 Å². The number of hydrogen-bond donors (Lipinski definition) is 1. The standard InChI is InChI=1S/C24H25N3O4S/c1-18(28)22-8-4-5-9-23(22)25-24(29)17-26-12-14-27(15-13-26)32(30,31)21-11-10-19-6-2-3-7-20(19)16-21/h2-11,16H,12-15,17H2,1H3,(H,25,29). The summed E-state index contributed by atoms with van der Waals surface area (Å²) in [5.41, 5.74) is 0.953. The van der Waals surface area contributed by atoms with Crippen LogP contribution in [0.1, 0.15) is 17.3 Å². The summed E-state index contributed by atoms with van der Waals surface area (Å²) in [6.07, 6.45) is 0. The Morgan fingerprint density at radius 2 is 1.53 bits per heavy atom. The molecule has 8 heteroatoms. The van der Waals surface area contributed by atoms with E-state index in [4.69, 9.17) is 0 Å². The third-order valence-electron chi connectivity index (χ3n) is 5.64. The molecule has 0 unspecified atom stereocenters. The van der Waals surface area contributed by atoms with Gasteiger partial charge in [0, 0.05) is 31.7 Å². The van der Waals surface area contributed by atoms with E-state index in [9.17, 15) is 18.0 Å². The highest BCUT2D eigenvalue weighted by Gasteiger charge is 2.29. The number of carbonyl (C=O) groups excluding carboxylic acids is 2. The molecular weight excluding hydrogens is 426 g/mol. The van der Waals surface area contributed by atoms with Crippen LogP contribution in [-0.2, 0) is 14.8 Å². The minimum atomic E-state index is -3.60. The summed E-state index contributed by atoms with van der Waals surface area (Å²) in [6.45, 7) is 3.12. The number of sulfonamides is 1. The van der Waals surface area contributed by atoms with Gasteiger partial charge in [-0.25, -0.2) is 8.42 Å². The van der Waals surface area contributed by atoms with Gasteiger partial charge in [-0.3, -0.25) is 14.5 Å². The molecule has 0 saturated carbocycles. The van der Waals surface area contributed by atoms with Gasteiger partial charge in [0.25, 0.3) is 0 Å². The van der Waals surface area contributed by atoms with E-state index in [2.05, 4.69) is 5.32 Å². The third kappa shape index (κ3) is 4.72. The van der Waals surface area contributed by atoms with Crippen molar-refractivity contribution in [2.75, 3.05) is 38.0 Å². The number of amides is 1. The second-order valence-electron chi connectivity index (χ2n) is 7.84. The average Bonchev–Trinajstić information content (AvgIpc) is 2.79. The smallest absolute Gasteiger partial charge is 0.243 e. The molecule has 1 saturated heterocycles. The topological polar surface area (TPSA) is 86.8 Å². The molecule has 1 fully saturated rings. The van der Waals surface area contributed by atoms with E-state index in [1.54, 1.807) is 36.4 Å². The summed E-state index contributed by atoms with van der Waals surface area (Å²) in [5, 5.41) is 4.67. The van der Waals surface area contributed by atoms with Gasteiger partial charge in [-0.2, -0.15) is 4.31 Å². The number of para-hydroxylation sites is 1. The lowest BCUT2D eigenvalue weighted by Gasteiger charge is -2.33. The molecule has 4 rings (SSSR count). The number of anilines is 1. The van der Waals surface area contributed by atoms with Crippen molar-refractivity contribution < 1.29 is 18.0 Å². The first-order valence-electron chi connectivity index (χ1n) is 10.5. The second-order valence-corrected chi connectivity index (χ2v) is 9.78. The lowest BCUT2D eigenvalue weighted by Crippen LogP contribution is -2.50. The SMILES string of the molecule is CC(=O)c1ccccc1NC(=O)CN1CCN(S(=O)(=O)c2ccc3ccccc3c2)CC1. The largest absolute Gasteiger partial charge is 0.324 e. The monoisotopic (exact) mass is 451 g/mol. The number of benzene rings is 3. The number of carbonyl (C=O) groups is 2.